The van der Waals surface area contributed by atoms with E-state index in [0.29, 0.717) is 12.6 Å². The summed E-state index contributed by atoms with van der Waals surface area (Å²) in [4.78, 5) is 27.5. The number of nitrogens with zero attached hydrogens (tertiary/aromatic N) is 5. The molecule has 2 aliphatic heterocycles. The number of piperazine rings is 1. The van der Waals surface area contributed by atoms with Crippen molar-refractivity contribution in [3.8, 4) is 5.75 Å². The highest BCUT2D eigenvalue weighted by Gasteiger charge is 2.25. The van der Waals surface area contributed by atoms with Gasteiger partial charge in [-0.05, 0) is 38.0 Å². The Kier molecular flexibility index (Phi) is 6.40. The molecule has 0 spiro atoms. The first kappa shape index (κ1) is 22.4. The van der Waals surface area contributed by atoms with Crippen molar-refractivity contribution in [2.45, 2.75) is 39.4 Å². The summed E-state index contributed by atoms with van der Waals surface area (Å²) in [6.45, 7) is 11.8. The molecule has 0 unspecified atom stereocenters. The van der Waals surface area contributed by atoms with Crippen LogP contribution in [0.4, 0.5) is 5.69 Å². The predicted octanol–water partition coefficient (Wildman–Crippen LogP) is 3.06. The molecule has 0 amide bonds. The second kappa shape index (κ2) is 9.44. The lowest BCUT2D eigenvalue weighted by Gasteiger charge is -2.36. The van der Waals surface area contributed by atoms with Crippen molar-refractivity contribution in [1.82, 2.24) is 19.4 Å². The van der Waals surface area contributed by atoms with E-state index < -0.39 is 0 Å². The molecule has 0 atom stereocenters. The lowest BCUT2D eigenvalue weighted by atomic mass is 10.0. The van der Waals surface area contributed by atoms with Crippen LogP contribution < -0.4 is 15.2 Å². The minimum Gasteiger partial charge on any atom is -0.495 e. The summed E-state index contributed by atoms with van der Waals surface area (Å²) in [5.74, 6) is 0.924. The van der Waals surface area contributed by atoms with Crippen LogP contribution in [0.3, 0.4) is 0 Å². The molecular weight excluding hydrogens is 434 g/mol. The highest BCUT2D eigenvalue weighted by molar-refractivity contribution is 7.18. The predicted molar refractivity (Wildman–Crippen MR) is 135 cm³/mol. The summed E-state index contributed by atoms with van der Waals surface area (Å²) in [5.41, 5.74) is 2.52. The topological polar surface area (TPSA) is 53.8 Å². The molecule has 7 nitrogen and oxygen atoms in total. The standard InChI is InChI=1S/C25H33N5O2S/c1-18(2)29-9-8-19-22(16-29)33-24-23(19)25(31)30(17-26-24)15-12-27-10-13-28(14-11-27)20-6-4-5-7-21(20)32-3/h4-7,17-18H,8-16H2,1-3H3. The molecule has 1 saturated heterocycles. The molecule has 4 heterocycles. The quantitative estimate of drug-likeness (QED) is 0.556. The number of hydrogen-bond donors (Lipinski definition) is 0. The fraction of sp³-hybridized carbons (Fsp3) is 0.520. The van der Waals surface area contributed by atoms with Gasteiger partial charge in [0.05, 0.1) is 24.5 Å². The van der Waals surface area contributed by atoms with Crippen LogP contribution in [0.15, 0.2) is 35.4 Å². The van der Waals surface area contributed by atoms with E-state index in [1.807, 2.05) is 16.7 Å². The Bertz CT molecular complexity index is 1180. The molecule has 2 aromatic heterocycles. The number of para-hydroxylation sites is 2. The zero-order chi connectivity index (χ0) is 22.9. The van der Waals surface area contributed by atoms with Gasteiger partial charge < -0.3 is 9.64 Å². The van der Waals surface area contributed by atoms with Crippen molar-refractivity contribution in [2.24, 2.45) is 0 Å². The third-order valence-electron chi connectivity index (χ3n) is 7.04. The van der Waals surface area contributed by atoms with Gasteiger partial charge in [-0.1, -0.05) is 12.1 Å². The molecule has 176 valence electrons. The molecule has 0 radical (unpaired) electrons. The van der Waals surface area contributed by atoms with Crippen LogP contribution in [0, 0.1) is 0 Å². The fourth-order valence-electron chi connectivity index (χ4n) is 4.99. The van der Waals surface area contributed by atoms with Gasteiger partial charge in [0.2, 0.25) is 0 Å². The van der Waals surface area contributed by atoms with Gasteiger partial charge in [-0.25, -0.2) is 4.98 Å². The van der Waals surface area contributed by atoms with Crippen LogP contribution >= 0.6 is 11.3 Å². The third kappa shape index (κ3) is 4.39. The average molecular weight is 468 g/mol. The molecule has 8 heteroatoms. The van der Waals surface area contributed by atoms with Crippen LogP contribution in [0.5, 0.6) is 5.75 Å². The zero-order valence-electron chi connectivity index (χ0n) is 19.8. The number of methoxy groups -OCH3 is 1. The summed E-state index contributed by atoms with van der Waals surface area (Å²) in [6.07, 6.45) is 2.69. The Morgan fingerprint density at radius 3 is 2.64 bits per heavy atom. The van der Waals surface area contributed by atoms with Gasteiger partial charge in [0.1, 0.15) is 10.6 Å². The maximum atomic E-state index is 13.3. The molecule has 33 heavy (non-hydrogen) atoms. The molecule has 3 aromatic rings. The van der Waals surface area contributed by atoms with E-state index in [0.717, 1.165) is 73.9 Å². The van der Waals surface area contributed by atoms with Crippen LogP contribution in [0.1, 0.15) is 24.3 Å². The summed E-state index contributed by atoms with van der Waals surface area (Å²) >= 11 is 1.70. The van der Waals surface area contributed by atoms with Crippen molar-refractivity contribution >= 4 is 27.2 Å². The Labute approximate surface area is 199 Å². The van der Waals surface area contributed by atoms with Crippen molar-refractivity contribution in [2.75, 3.05) is 51.3 Å². The van der Waals surface area contributed by atoms with Crippen LogP contribution in [-0.2, 0) is 19.5 Å². The Morgan fingerprint density at radius 1 is 1.09 bits per heavy atom. The van der Waals surface area contributed by atoms with Crippen LogP contribution in [0.25, 0.3) is 10.2 Å². The van der Waals surface area contributed by atoms with Crippen molar-refractivity contribution < 1.29 is 4.74 Å². The molecule has 2 aliphatic rings. The maximum absolute atomic E-state index is 13.3. The monoisotopic (exact) mass is 467 g/mol. The first-order valence-corrected chi connectivity index (χ1v) is 12.7. The second-order valence-corrected chi connectivity index (χ2v) is 10.3. The zero-order valence-corrected chi connectivity index (χ0v) is 20.6. The molecule has 0 saturated carbocycles. The van der Waals surface area contributed by atoms with E-state index in [1.54, 1.807) is 24.8 Å². The van der Waals surface area contributed by atoms with Crippen molar-refractivity contribution in [3.63, 3.8) is 0 Å². The fourth-order valence-corrected chi connectivity index (χ4v) is 6.19. The minimum absolute atomic E-state index is 0.128. The summed E-state index contributed by atoms with van der Waals surface area (Å²) in [6, 6.07) is 8.73. The van der Waals surface area contributed by atoms with E-state index in [2.05, 4.69) is 45.7 Å². The SMILES string of the molecule is COc1ccccc1N1CCN(CCn2cnc3sc4c(c3c2=O)CCN(C(C)C)C4)CC1. The molecule has 1 aromatic carbocycles. The van der Waals surface area contributed by atoms with Gasteiger partial charge in [-0.2, -0.15) is 0 Å². The molecule has 0 N–H and O–H groups in total. The number of benzene rings is 1. The first-order valence-electron chi connectivity index (χ1n) is 11.9. The number of anilines is 1. The van der Waals surface area contributed by atoms with Gasteiger partial charge in [0, 0.05) is 63.3 Å². The molecule has 5 rings (SSSR count). The van der Waals surface area contributed by atoms with Crippen LogP contribution in [0.2, 0.25) is 0 Å². The number of rotatable bonds is 6. The highest BCUT2D eigenvalue weighted by Crippen LogP contribution is 2.33. The smallest absolute Gasteiger partial charge is 0.262 e. The van der Waals surface area contributed by atoms with Gasteiger partial charge in [-0.15, -0.1) is 11.3 Å². The minimum atomic E-state index is 0.128. The Balaban J connectivity index is 1.25. The summed E-state index contributed by atoms with van der Waals surface area (Å²) in [7, 11) is 1.72. The van der Waals surface area contributed by atoms with E-state index in [4.69, 9.17) is 4.74 Å². The first-order chi connectivity index (χ1) is 16.0. The number of thiophene rings is 1. The lowest BCUT2D eigenvalue weighted by molar-refractivity contribution is 0.206. The normalized spacial score (nSPS) is 17.6. The van der Waals surface area contributed by atoms with Crippen LogP contribution in [-0.4, -0.2) is 71.8 Å². The van der Waals surface area contributed by atoms with Gasteiger partial charge in [0.25, 0.3) is 5.56 Å². The summed E-state index contributed by atoms with van der Waals surface area (Å²) < 4.78 is 7.34. The third-order valence-corrected chi connectivity index (χ3v) is 8.17. The molecular formula is C25H33N5O2S. The maximum Gasteiger partial charge on any atom is 0.262 e. The molecule has 0 bridgehead atoms. The average Bonchev–Trinajstić information content (AvgIpc) is 3.22. The molecule has 1 fully saturated rings. The largest absolute Gasteiger partial charge is 0.495 e. The van der Waals surface area contributed by atoms with E-state index in [1.165, 1.54) is 10.4 Å². The molecule has 0 aliphatic carbocycles. The number of ether oxygens (including phenoxy) is 1. The summed E-state index contributed by atoms with van der Waals surface area (Å²) in [5, 5.41) is 0.863. The van der Waals surface area contributed by atoms with E-state index >= 15 is 0 Å². The second-order valence-electron chi connectivity index (χ2n) is 9.24. The number of fused-ring (bicyclic) bond motifs is 3. The highest BCUT2D eigenvalue weighted by atomic mass is 32.1. The van der Waals surface area contributed by atoms with Gasteiger partial charge in [-0.3, -0.25) is 19.2 Å². The Hall–Kier alpha value is -2.42. The lowest BCUT2D eigenvalue weighted by Crippen LogP contribution is -2.47. The van der Waals surface area contributed by atoms with Crippen molar-refractivity contribution in [3.05, 3.63) is 51.4 Å². The Morgan fingerprint density at radius 2 is 1.88 bits per heavy atom. The van der Waals surface area contributed by atoms with E-state index in [-0.39, 0.29) is 5.56 Å². The van der Waals surface area contributed by atoms with Gasteiger partial charge >= 0.3 is 0 Å². The van der Waals surface area contributed by atoms with E-state index in [9.17, 15) is 4.79 Å². The van der Waals surface area contributed by atoms with Gasteiger partial charge in [0.15, 0.2) is 0 Å². The van der Waals surface area contributed by atoms with Crippen molar-refractivity contribution in [1.29, 1.82) is 0 Å². The number of aromatic nitrogens is 2. The number of hydrogen-bond acceptors (Lipinski definition) is 7.